The van der Waals surface area contributed by atoms with E-state index in [9.17, 15) is 18.9 Å². The van der Waals surface area contributed by atoms with Crippen LogP contribution < -0.4 is 0 Å². The van der Waals surface area contributed by atoms with Crippen molar-refractivity contribution in [3.05, 3.63) is 33.1 Å². The van der Waals surface area contributed by atoms with Crippen molar-refractivity contribution >= 4 is 5.69 Å². The highest BCUT2D eigenvalue weighted by atomic mass is 19.3. The van der Waals surface area contributed by atoms with Crippen molar-refractivity contribution in [3.63, 3.8) is 0 Å². The van der Waals surface area contributed by atoms with Crippen LogP contribution in [0.3, 0.4) is 0 Å². The van der Waals surface area contributed by atoms with Gasteiger partial charge in [-0.2, -0.15) is 0 Å². The number of pyridine rings is 1. The fourth-order valence-electron chi connectivity index (χ4n) is 1.04. The summed E-state index contributed by atoms with van der Waals surface area (Å²) >= 11 is 0. The van der Waals surface area contributed by atoms with Gasteiger partial charge >= 0.3 is 0 Å². The molecule has 0 spiro atoms. The second kappa shape index (κ2) is 3.65. The molecule has 0 radical (unpaired) electrons. The zero-order valence-electron chi connectivity index (χ0n) is 7.62. The fraction of sp³-hybridized carbons (Fsp3) is 0.375. The summed E-state index contributed by atoms with van der Waals surface area (Å²) in [6.45, 7) is 2.95. The molecule has 0 aliphatic heterocycles. The van der Waals surface area contributed by atoms with E-state index in [2.05, 4.69) is 4.98 Å². The van der Waals surface area contributed by atoms with Crippen LogP contribution in [0.5, 0.6) is 0 Å². The third kappa shape index (κ3) is 1.84. The average molecular weight is 202 g/mol. The van der Waals surface area contributed by atoms with Gasteiger partial charge in [-0.15, -0.1) is 0 Å². The summed E-state index contributed by atoms with van der Waals surface area (Å²) in [6.07, 6.45) is -2.78. The van der Waals surface area contributed by atoms with E-state index in [1.165, 1.54) is 13.8 Å². The van der Waals surface area contributed by atoms with Crippen molar-refractivity contribution in [2.45, 2.75) is 20.3 Å². The predicted molar refractivity (Wildman–Crippen MR) is 45.3 cm³/mol. The molecule has 0 aromatic carbocycles. The molecule has 1 aromatic rings. The second-order valence-corrected chi connectivity index (χ2v) is 2.83. The Morgan fingerprint density at radius 1 is 1.50 bits per heavy atom. The van der Waals surface area contributed by atoms with Gasteiger partial charge in [0.15, 0.2) is 0 Å². The van der Waals surface area contributed by atoms with Gasteiger partial charge < -0.3 is 0 Å². The van der Waals surface area contributed by atoms with Crippen LogP contribution in [0.25, 0.3) is 0 Å². The first-order valence-corrected chi connectivity index (χ1v) is 3.84. The molecular formula is C8H8F2N2O2. The number of nitrogens with zero attached hydrogens (tertiary/aromatic N) is 2. The highest BCUT2D eigenvalue weighted by Gasteiger charge is 2.19. The molecule has 0 saturated heterocycles. The smallest absolute Gasteiger partial charge is 0.258 e. The summed E-state index contributed by atoms with van der Waals surface area (Å²) in [5.41, 5.74) is -0.290. The van der Waals surface area contributed by atoms with Crippen molar-refractivity contribution < 1.29 is 13.7 Å². The van der Waals surface area contributed by atoms with E-state index in [0.717, 1.165) is 6.07 Å². The molecular weight excluding hydrogens is 194 g/mol. The van der Waals surface area contributed by atoms with Crippen LogP contribution in [-0.2, 0) is 0 Å². The summed E-state index contributed by atoms with van der Waals surface area (Å²) in [7, 11) is 0. The van der Waals surface area contributed by atoms with Crippen molar-refractivity contribution in [2.24, 2.45) is 0 Å². The van der Waals surface area contributed by atoms with Crippen molar-refractivity contribution in [3.8, 4) is 0 Å². The molecule has 6 heteroatoms. The van der Waals surface area contributed by atoms with E-state index in [-0.39, 0.29) is 11.4 Å². The number of aromatic nitrogens is 1. The van der Waals surface area contributed by atoms with Crippen LogP contribution in [-0.4, -0.2) is 9.91 Å². The largest absolute Gasteiger partial charge is 0.280 e. The third-order valence-electron chi connectivity index (χ3n) is 1.93. The molecule has 1 heterocycles. The van der Waals surface area contributed by atoms with Gasteiger partial charge in [-0.25, -0.2) is 8.78 Å². The number of rotatable bonds is 2. The standard InChI is InChI=1S/C8H8F2N2O2/c1-4-5(2)11-6(8(9)10)3-7(4)12(13)14/h3,8H,1-2H3. The Labute approximate surface area is 78.7 Å². The highest BCUT2D eigenvalue weighted by molar-refractivity contribution is 5.42. The van der Waals surface area contributed by atoms with Gasteiger partial charge in [0.25, 0.3) is 12.1 Å². The Kier molecular flexibility index (Phi) is 2.73. The first-order chi connectivity index (χ1) is 6.43. The molecule has 14 heavy (non-hydrogen) atoms. The Balaban J connectivity index is 3.35. The highest BCUT2D eigenvalue weighted by Crippen LogP contribution is 2.25. The van der Waals surface area contributed by atoms with Gasteiger partial charge in [-0.3, -0.25) is 15.1 Å². The maximum Gasteiger partial charge on any atom is 0.280 e. The molecule has 0 bridgehead atoms. The van der Waals surface area contributed by atoms with Gasteiger partial charge in [0, 0.05) is 17.3 Å². The van der Waals surface area contributed by atoms with E-state index in [0.29, 0.717) is 5.56 Å². The van der Waals surface area contributed by atoms with E-state index in [4.69, 9.17) is 0 Å². The van der Waals surface area contributed by atoms with E-state index in [1.807, 2.05) is 0 Å². The van der Waals surface area contributed by atoms with Crippen LogP contribution in [0.15, 0.2) is 6.07 Å². The molecule has 76 valence electrons. The quantitative estimate of drug-likeness (QED) is 0.547. The summed E-state index contributed by atoms with van der Waals surface area (Å²) in [5.74, 6) is 0. The van der Waals surface area contributed by atoms with Gasteiger partial charge in [0.2, 0.25) is 0 Å². The average Bonchev–Trinajstić information content (AvgIpc) is 2.08. The fourth-order valence-corrected chi connectivity index (χ4v) is 1.04. The van der Waals surface area contributed by atoms with Crippen LogP contribution in [0.2, 0.25) is 0 Å². The molecule has 0 atom stereocenters. The minimum Gasteiger partial charge on any atom is -0.258 e. The van der Waals surface area contributed by atoms with Crippen LogP contribution in [0.1, 0.15) is 23.4 Å². The first-order valence-electron chi connectivity index (χ1n) is 3.84. The van der Waals surface area contributed by atoms with Crippen molar-refractivity contribution in [2.75, 3.05) is 0 Å². The SMILES string of the molecule is Cc1nc(C(F)F)cc([N+](=O)[O-])c1C. The minimum absolute atomic E-state index is 0.259. The number of halogens is 2. The number of alkyl halides is 2. The van der Waals surface area contributed by atoms with E-state index >= 15 is 0 Å². The van der Waals surface area contributed by atoms with Crippen molar-refractivity contribution in [1.82, 2.24) is 4.98 Å². The number of hydrogen-bond acceptors (Lipinski definition) is 3. The Hall–Kier alpha value is -1.59. The molecule has 0 amide bonds. The van der Waals surface area contributed by atoms with Crippen molar-refractivity contribution in [1.29, 1.82) is 0 Å². The lowest BCUT2D eigenvalue weighted by Crippen LogP contribution is -2.00. The molecule has 0 N–H and O–H groups in total. The zero-order valence-corrected chi connectivity index (χ0v) is 7.62. The Morgan fingerprint density at radius 2 is 2.07 bits per heavy atom. The Bertz CT molecular complexity index is 380. The molecule has 0 saturated carbocycles. The Morgan fingerprint density at radius 3 is 2.50 bits per heavy atom. The predicted octanol–water partition coefficient (Wildman–Crippen LogP) is 2.54. The van der Waals surface area contributed by atoms with Crippen LogP contribution >= 0.6 is 0 Å². The summed E-state index contributed by atoms with van der Waals surface area (Å²) in [5, 5.41) is 10.5. The van der Waals surface area contributed by atoms with Crippen LogP contribution in [0, 0.1) is 24.0 Å². The summed E-state index contributed by atoms with van der Waals surface area (Å²) in [6, 6.07) is 0.812. The zero-order chi connectivity index (χ0) is 10.9. The number of nitro groups is 1. The summed E-state index contributed by atoms with van der Waals surface area (Å²) in [4.78, 5) is 13.4. The van der Waals surface area contributed by atoms with E-state index in [1.54, 1.807) is 0 Å². The third-order valence-corrected chi connectivity index (χ3v) is 1.93. The maximum atomic E-state index is 12.2. The molecule has 1 rings (SSSR count). The van der Waals surface area contributed by atoms with Gasteiger partial charge in [-0.1, -0.05) is 0 Å². The van der Waals surface area contributed by atoms with Gasteiger partial charge in [-0.05, 0) is 13.8 Å². The van der Waals surface area contributed by atoms with Gasteiger partial charge in [0.05, 0.1) is 4.92 Å². The number of aryl methyl sites for hydroxylation is 1. The van der Waals surface area contributed by atoms with Crippen LogP contribution in [0.4, 0.5) is 14.5 Å². The lowest BCUT2D eigenvalue weighted by Gasteiger charge is -2.04. The monoisotopic (exact) mass is 202 g/mol. The summed E-state index contributed by atoms with van der Waals surface area (Å²) < 4.78 is 24.5. The number of hydrogen-bond donors (Lipinski definition) is 0. The molecule has 0 fully saturated rings. The van der Waals surface area contributed by atoms with Gasteiger partial charge in [0.1, 0.15) is 5.69 Å². The second-order valence-electron chi connectivity index (χ2n) is 2.83. The topological polar surface area (TPSA) is 56.0 Å². The minimum atomic E-state index is -2.78. The molecule has 0 aliphatic carbocycles. The normalized spacial score (nSPS) is 10.6. The molecule has 4 nitrogen and oxygen atoms in total. The molecule has 0 unspecified atom stereocenters. The first kappa shape index (κ1) is 10.5. The lowest BCUT2D eigenvalue weighted by molar-refractivity contribution is -0.385. The molecule has 0 aliphatic rings. The molecule has 1 aromatic heterocycles. The van der Waals surface area contributed by atoms with E-state index < -0.39 is 17.0 Å². The lowest BCUT2D eigenvalue weighted by atomic mass is 10.1. The maximum absolute atomic E-state index is 12.2.